The number of piperidine rings is 1. The summed E-state index contributed by atoms with van der Waals surface area (Å²) in [4.78, 5) is 14.7. The van der Waals surface area contributed by atoms with E-state index in [2.05, 4.69) is 17.0 Å². The van der Waals surface area contributed by atoms with Gasteiger partial charge in [0.05, 0.1) is 5.02 Å². The number of hydrogen-bond acceptors (Lipinski definition) is 2. The third kappa shape index (κ3) is 6.03. The molecular weight excluding hydrogens is 384 g/mol. The summed E-state index contributed by atoms with van der Waals surface area (Å²) in [5.74, 6) is 0.276. The molecule has 1 fully saturated rings. The Hall–Kier alpha value is -1.42. The molecule has 0 unspecified atom stereocenters. The third-order valence-corrected chi connectivity index (χ3v) is 5.82. The molecule has 0 amide bonds. The number of hydrogen-bond donors (Lipinski definition) is 0. The maximum absolute atomic E-state index is 13.1. The van der Waals surface area contributed by atoms with Crippen LogP contribution in [-0.4, -0.2) is 30.3 Å². The SMILES string of the molecule is O=C(CCCN1CCC(Cc2ccc(Cl)cc2)CC1)c1ccc(F)cc1Cl. The molecule has 2 nitrogen and oxygen atoms in total. The van der Waals surface area contributed by atoms with Crippen molar-refractivity contribution < 1.29 is 9.18 Å². The molecule has 144 valence electrons. The highest BCUT2D eigenvalue weighted by atomic mass is 35.5. The maximum Gasteiger partial charge on any atom is 0.164 e. The van der Waals surface area contributed by atoms with Crippen LogP contribution >= 0.6 is 23.2 Å². The molecule has 0 N–H and O–H groups in total. The van der Waals surface area contributed by atoms with Crippen molar-refractivity contribution in [3.05, 3.63) is 69.5 Å². The van der Waals surface area contributed by atoms with Gasteiger partial charge in [0, 0.05) is 17.0 Å². The van der Waals surface area contributed by atoms with E-state index >= 15 is 0 Å². The van der Waals surface area contributed by atoms with E-state index in [-0.39, 0.29) is 10.8 Å². The van der Waals surface area contributed by atoms with Gasteiger partial charge in [-0.3, -0.25) is 4.79 Å². The van der Waals surface area contributed by atoms with E-state index in [1.165, 1.54) is 36.6 Å². The van der Waals surface area contributed by atoms with Gasteiger partial charge in [0.1, 0.15) is 5.82 Å². The first-order chi connectivity index (χ1) is 13.0. The van der Waals surface area contributed by atoms with Crippen LogP contribution in [0.2, 0.25) is 10.0 Å². The van der Waals surface area contributed by atoms with Gasteiger partial charge in [-0.1, -0.05) is 35.3 Å². The molecule has 2 aromatic rings. The van der Waals surface area contributed by atoms with Crippen molar-refractivity contribution in [3.63, 3.8) is 0 Å². The van der Waals surface area contributed by atoms with E-state index in [0.29, 0.717) is 17.9 Å². The van der Waals surface area contributed by atoms with Crippen molar-refractivity contribution in [3.8, 4) is 0 Å². The molecule has 1 aliphatic rings. The molecule has 0 aromatic heterocycles. The van der Waals surface area contributed by atoms with Crippen LogP contribution in [0.4, 0.5) is 4.39 Å². The Morgan fingerprint density at radius 1 is 1.07 bits per heavy atom. The smallest absolute Gasteiger partial charge is 0.164 e. The Morgan fingerprint density at radius 3 is 2.44 bits per heavy atom. The van der Waals surface area contributed by atoms with Crippen LogP contribution in [-0.2, 0) is 6.42 Å². The van der Waals surface area contributed by atoms with E-state index in [4.69, 9.17) is 23.2 Å². The molecule has 0 bridgehead atoms. The summed E-state index contributed by atoms with van der Waals surface area (Å²) >= 11 is 11.9. The predicted molar refractivity (Wildman–Crippen MR) is 109 cm³/mol. The maximum atomic E-state index is 13.1. The average Bonchev–Trinajstić information content (AvgIpc) is 2.65. The molecule has 3 rings (SSSR count). The van der Waals surface area contributed by atoms with Gasteiger partial charge < -0.3 is 4.90 Å². The lowest BCUT2D eigenvalue weighted by Crippen LogP contribution is -2.35. The van der Waals surface area contributed by atoms with E-state index in [0.717, 1.165) is 37.5 Å². The van der Waals surface area contributed by atoms with Crippen LogP contribution in [0.15, 0.2) is 42.5 Å². The van der Waals surface area contributed by atoms with Gasteiger partial charge in [-0.25, -0.2) is 4.39 Å². The lowest BCUT2D eigenvalue weighted by molar-refractivity contribution is 0.0970. The van der Waals surface area contributed by atoms with Gasteiger partial charge >= 0.3 is 0 Å². The quantitative estimate of drug-likeness (QED) is 0.520. The summed E-state index contributed by atoms with van der Waals surface area (Å²) < 4.78 is 13.1. The average molecular weight is 408 g/mol. The minimum absolute atomic E-state index is 0.0161. The van der Waals surface area contributed by atoms with Crippen LogP contribution in [0.1, 0.15) is 41.6 Å². The zero-order valence-corrected chi connectivity index (χ0v) is 16.8. The normalized spacial score (nSPS) is 15.8. The number of rotatable bonds is 7. The van der Waals surface area contributed by atoms with Crippen LogP contribution in [0.25, 0.3) is 0 Å². The molecule has 2 aromatic carbocycles. The molecule has 0 aliphatic carbocycles. The van der Waals surface area contributed by atoms with E-state index < -0.39 is 5.82 Å². The second kappa shape index (κ2) is 9.68. The van der Waals surface area contributed by atoms with Crippen molar-refractivity contribution in [2.45, 2.75) is 32.1 Å². The lowest BCUT2D eigenvalue weighted by atomic mass is 9.90. The Morgan fingerprint density at radius 2 is 1.78 bits per heavy atom. The van der Waals surface area contributed by atoms with Gasteiger partial charge in [0.25, 0.3) is 0 Å². The molecule has 5 heteroatoms. The second-order valence-electron chi connectivity index (χ2n) is 7.27. The summed E-state index contributed by atoms with van der Waals surface area (Å²) in [6, 6.07) is 12.1. The summed E-state index contributed by atoms with van der Waals surface area (Å²) in [7, 11) is 0. The van der Waals surface area contributed by atoms with Gasteiger partial charge in [0.15, 0.2) is 5.78 Å². The number of ketones is 1. The van der Waals surface area contributed by atoms with Gasteiger partial charge in [0.2, 0.25) is 0 Å². The fourth-order valence-electron chi connectivity index (χ4n) is 3.68. The molecule has 27 heavy (non-hydrogen) atoms. The first-order valence-electron chi connectivity index (χ1n) is 9.46. The highest BCUT2D eigenvalue weighted by molar-refractivity contribution is 6.34. The minimum Gasteiger partial charge on any atom is -0.303 e. The van der Waals surface area contributed by atoms with Crippen molar-refractivity contribution >= 4 is 29.0 Å². The van der Waals surface area contributed by atoms with Crippen LogP contribution in [0, 0.1) is 11.7 Å². The summed E-state index contributed by atoms with van der Waals surface area (Å²) in [5.41, 5.74) is 1.76. The van der Waals surface area contributed by atoms with E-state index in [1.807, 2.05) is 12.1 Å². The first kappa shape index (κ1) is 20.3. The third-order valence-electron chi connectivity index (χ3n) is 5.25. The summed E-state index contributed by atoms with van der Waals surface area (Å²) in [6.07, 6.45) is 4.71. The van der Waals surface area contributed by atoms with Gasteiger partial charge in [-0.15, -0.1) is 0 Å². The number of carbonyl (C=O) groups excluding carboxylic acids is 1. The minimum atomic E-state index is -0.418. The molecule has 1 aliphatic heterocycles. The van der Waals surface area contributed by atoms with Crippen molar-refractivity contribution in [1.29, 1.82) is 0 Å². The molecular formula is C22H24Cl2FNO. The fraction of sp³-hybridized carbons (Fsp3) is 0.409. The molecule has 1 saturated heterocycles. The van der Waals surface area contributed by atoms with Crippen molar-refractivity contribution in [2.75, 3.05) is 19.6 Å². The Kier molecular flexibility index (Phi) is 7.28. The number of carbonyl (C=O) groups is 1. The molecule has 1 heterocycles. The van der Waals surface area contributed by atoms with E-state index in [9.17, 15) is 9.18 Å². The Labute approximate surface area is 170 Å². The zero-order chi connectivity index (χ0) is 19.2. The summed E-state index contributed by atoms with van der Waals surface area (Å²) in [5, 5.41) is 0.980. The number of likely N-dealkylation sites (tertiary alicyclic amines) is 1. The van der Waals surface area contributed by atoms with Crippen LogP contribution in [0.5, 0.6) is 0 Å². The topological polar surface area (TPSA) is 20.3 Å². The number of Topliss-reactive ketones (excluding diaryl/α,β-unsaturated/α-hetero) is 1. The highest BCUT2D eigenvalue weighted by Crippen LogP contribution is 2.23. The molecule has 0 saturated carbocycles. The predicted octanol–water partition coefficient (Wildman–Crippen LogP) is 6.05. The summed E-state index contributed by atoms with van der Waals surface area (Å²) in [6.45, 7) is 3.06. The van der Waals surface area contributed by atoms with Gasteiger partial charge in [-0.2, -0.15) is 0 Å². The standard InChI is InChI=1S/C22H24Cl2FNO/c23-18-5-3-16(4-6-18)14-17-9-12-26(13-10-17)11-1-2-22(27)20-8-7-19(25)15-21(20)24/h3-8,15,17H,1-2,9-14H2. The number of benzene rings is 2. The van der Waals surface area contributed by atoms with Crippen LogP contribution < -0.4 is 0 Å². The van der Waals surface area contributed by atoms with Gasteiger partial charge in [-0.05, 0) is 87.1 Å². The highest BCUT2D eigenvalue weighted by Gasteiger charge is 2.19. The lowest BCUT2D eigenvalue weighted by Gasteiger charge is -2.32. The van der Waals surface area contributed by atoms with Crippen molar-refractivity contribution in [1.82, 2.24) is 4.90 Å². The molecule has 0 radical (unpaired) electrons. The zero-order valence-electron chi connectivity index (χ0n) is 15.3. The monoisotopic (exact) mass is 407 g/mol. The largest absolute Gasteiger partial charge is 0.303 e. The van der Waals surface area contributed by atoms with E-state index in [1.54, 1.807) is 0 Å². The number of halogens is 3. The Balaban J connectivity index is 1.38. The number of nitrogens with zero attached hydrogens (tertiary/aromatic N) is 1. The first-order valence-corrected chi connectivity index (χ1v) is 10.2. The molecule has 0 atom stereocenters. The second-order valence-corrected chi connectivity index (χ2v) is 8.11. The Bertz CT molecular complexity index is 770. The fourth-order valence-corrected chi connectivity index (χ4v) is 4.08. The van der Waals surface area contributed by atoms with Crippen molar-refractivity contribution in [2.24, 2.45) is 5.92 Å². The molecule has 0 spiro atoms. The van der Waals surface area contributed by atoms with Crippen LogP contribution in [0.3, 0.4) is 0 Å².